The number of thiazole rings is 1. The number of likely N-dealkylation sites (N-methyl/N-ethyl adjacent to an activating group) is 1. The van der Waals surface area contributed by atoms with Gasteiger partial charge in [-0.25, -0.2) is 4.98 Å². The zero-order valence-electron chi connectivity index (χ0n) is 12.4. The number of carbonyl (C=O) groups is 2. The molecule has 1 unspecified atom stereocenters. The van der Waals surface area contributed by atoms with Crippen molar-refractivity contribution in [1.29, 1.82) is 5.26 Å². The molecule has 1 aliphatic rings. The molecule has 1 N–H and O–H groups in total. The van der Waals surface area contributed by atoms with Crippen molar-refractivity contribution in [2.45, 2.75) is 25.7 Å². The van der Waals surface area contributed by atoms with E-state index in [0.29, 0.717) is 24.2 Å². The molecule has 1 aromatic heterocycles. The van der Waals surface area contributed by atoms with Gasteiger partial charge < -0.3 is 9.64 Å². The van der Waals surface area contributed by atoms with Crippen LogP contribution in [-0.2, 0) is 14.3 Å². The Labute approximate surface area is 132 Å². The first kappa shape index (κ1) is 16.4. The van der Waals surface area contributed by atoms with E-state index in [2.05, 4.69) is 10.3 Å². The fourth-order valence-corrected chi connectivity index (χ4v) is 3.10. The summed E-state index contributed by atoms with van der Waals surface area (Å²) in [4.78, 5) is 30.5. The highest BCUT2D eigenvalue weighted by Gasteiger charge is 2.23. The van der Waals surface area contributed by atoms with Gasteiger partial charge >= 0.3 is 11.8 Å². The Morgan fingerprint density at radius 3 is 3.09 bits per heavy atom. The molecule has 1 aliphatic heterocycles. The van der Waals surface area contributed by atoms with Crippen LogP contribution in [0.1, 0.15) is 30.6 Å². The topological polar surface area (TPSA) is 95.3 Å². The van der Waals surface area contributed by atoms with Crippen LogP contribution in [0.25, 0.3) is 0 Å². The number of ether oxygens (including phenoxy) is 1. The monoisotopic (exact) mass is 322 g/mol. The number of carbonyl (C=O) groups excluding carboxylic acids is 2. The Balaban J connectivity index is 1.93. The molecule has 8 heteroatoms. The maximum atomic E-state index is 12.0. The van der Waals surface area contributed by atoms with Crippen molar-refractivity contribution in [3.05, 3.63) is 11.1 Å². The summed E-state index contributed by atoms with van der Waals surface area (Å²) in [5, 5.41) is 11.5. The van der Waals surface area contributed by atoms with Crippen LogP contribution in [0.5, 0.6) is 0 Å². The molecule has 1 saturated heterocycles. The lowest BCUT2D eigenvalue weighted by molar-refractivity contribution is -0.142. The van der Waals surface area contributed by atoms with Crippen molar-refractivity contribution < 1.29 is 14.3 Å². The van der Waals surface area contributed by atoms with Crippen molar-refractivity contribution in [2.75, 3.05) is 31.6 Å². The number of hydrogen-bond acceptors (Lipinski definition) is 6. The number of nitriles is 1. The number of nitrogens with zero attached hydrogens (tertiary/aromatic N) is 3. The fourth-order valence-electron chi connectivity index (χ4n) is 2.17. The predicted octanol–water partition coefficient (Wildman–Crippen LogP) is 1.35. The number of amides is 2. The Morgan fingerprint density at radius 1 is 1.64 bits per heavy atom. The van der Waals surface area contributed by atoms with Crippen LogP contribution < -0.4 is 5.32 Å². The molecule has 0 saturated carbocycles. The third kappa shape index (κ3) is 4.02. The zero-order chi connectivity index (χ0) is 15.9. The molecule has 0 aliphatic carbocycles. The summed E-state index contributed by atoms with van der Waals surface area (Å²) in [5.41, 5.74) is 0. The van der Waals surface area contributed by atoms with Crippen LogP contribution in [0, 0.1) is 11.3 Å². The van der Waals surface area contributed by atoms with Gasteiger partial charge in [-0.1, -0.05) is 0 Å². The number of nitrogens with one attached hydrogen (secondary N) is 1. The molecule has 1 fully saturated rings. The second kappa shape index (κ2) is 7.87. The van der Waals surface area contributed by atoms with Gasteiger partial charge in [0.25, 0.3) is 0 Å². The van der Waals surface area contributed by atoms with E-state index in [9.17, 15) is 9.59 Å². The zero-order valence-corrected chi connectivity index (χ0v) is 13.2. The van der Waals surface area contributed by atoms with Gasteiger partial charge in [0.05, 0.1) is 19.1 Å². The average Bonchev–Trinajstić information content (AvgIpc) is 3.18. The van der Waals surface area contributed by atoms with E-state index in [4.69, 9.17) is 10.00 Å². The third-order valence-corrected chi connectivity index (χ3v) is 4.51. The van der Waals surface area contributed by atoms with Crippen LogP contribution in [0.3, 0.4) is 0 Å². The Morgan fingerprint density at radius 2 is 2.45 bits per heavy atom. The van der Waals surface area contributed by atoms with Crippen molar-refractivity contribution >= 4 is 28.3 Å². The first-order chi connectivity index (χ1) is 10.7. The summed E-state index contributed by atoms with van der Waals surface area (Å²) in [6, 6.07) is 1.96. The SMILES string of the molecule is CCN(CCC#N)C(=O)C(=O)Nc1ncc(C2CCOC2)s1. The van der Waals surface area contributed by atoms with Crippen LogP contribution in [0.2, 0.25) is 0 Å². The normalized spacial score (nSPS) is 17.0. The van der Waals surface area contributed by atoms with E-state index in [1.54, 1.807) is 13.1 Å². The summed E-state index contributed by atoms with van der Waals surface area (Å²) in [5.74, 6) is -1.04. The highest BCUT2D eigenvalue weighted by atomic mass is 32.1. The van der Waals surface area contributed by atoms with Gasteiger partial charge in [-0.05, 0) is 13.3 Å². The molecule has 2 rings (SSSR count). The van der Waals surface area contributed by atoms with Crippen LogP contribution in [0.4, 0.5) is 5.13 Å². The van der Waals surface area contributed by atoms with Crippen LogP contribution in [-0.4, -0.2) is 48.0 Å². The first-order valence-electron chi connectivity index (χ1n) is 7.16. The molecule has 0 spiro atoms. The highest BCUT2D eigenvalue weighted by molar-refractivity contribution is 7.15. The second-order valence-corrected chi connectivity index (χ2v) is 5.94. The minimum atomic E-state index is -0.719. The molecule has 1 aromatic rings. The molecular formula is C14H18N4O3S. The summed E-state index contributed by atoms with van der Waals surface area (Å²) in [7, 11) is 0. The van der Waals surface area contributed by atoms with Crippen LogP contribution >= 0.6 is 11.3 Å². The smallest absolute Gasteiger partial charge is 0.315 e. The van der Waals surface area contributed by atoms with Crippen molar-refractivity contribution in [2.24, 2.45) is 0 Å². The average molecular weight is 322 g/mol. The Bertz CT molecular complexity index is 575. The number of rotatable bonds is 5. The highest BCUT2D eigenvalue weighted by Crippen LogP contribution is 2.31. The largest absolute Gasteiger partial charge is 0.381 e. The molecule has 2 amide bonds. The van der Waals surface area contributed by atoms with Gasteiger partial charge in [0.2, 0.25) is 0 Å². The van der Waals surface area contributed by atoms with E-state index < -0.39 is 11.8 Å². The standard InChI is InChI=1S/C14H18N4O3S/c1-2-18(6-3-5-15)13(20)12(19)17-14-16-8-11(22-14)10-4-7-21-9-10/h8,10H,2-4,6-7,9H2,1H3,(H,16,17,19). The van der Waals surface area contributed by atoms with Gasteiger partial charge in [-0.15, -0.1) is 11.3 Å². The Hall–Kier alpha value is -1.98. The van der Waals surface area contributed by atoms with E-state index in [0.717, 1.165) is 17.9 Å². The van der Waals surface area contributed by atoms with Gasteiger partial charge in [-0.2, -0.15) is 5.26 Å². The summed E-state index contributed by atoms with van der Waals surface area (Å²) in [6.07, 6.45) is 2.87. The van der Waals surface area contributed by atoms with E-state index in [-0.39, 0.29) is 13.0 Å². The second-order valence-electron chi connectivity index (χ2n) is 4.88. The molecule has 7 nitrogen and oxygen atoms in total. The van der Waals surface area contributed by atoms with E-state index in [1.807, 2.05) is 6.07 Å². The summed E-state index contributed by atoms with van der Waals surface area (Å²) < 4.78 is 5.33. The lowest BCUT2D eigenvalue weighted by Gasteiger charge is -2.18. The van der Waals surface area contributed by atoms with Crippen LogP contribution in [0.15, 0.2) is 6.20 Å². The van der Waals surface area contributed by atoms with Crippen molar-refractivity contribution in [3.63, 3.8) is 0 Å². The van der Waals surface area contributed by atoms with E-state index >= 15 is 0 Å². The van der Waals surface area contributed by atoms with Crippen molar-refractivity contribution in [3.8, 4) is 6.07 Å². The minimum absolute atomic E-state index is 0.204. The number of aromatic nitrogens is 1. The van der Waals surface area contributed by atoms with Gasteiger partial charge in [-0.3, -0.25) is 14.9 Å². The summed E-state index contributed by atoms with van der Waals surface area (Å²) in [6.45, 7) is 3.82. The summed E-state index contributed by atoms with van der Waals surface area (Å²) >= 11 is 1.37. The lowest BCUT2D eigenvalue weighted by atomic mass is 10.1. The molecule has 1 atom stereocenters. The van der Waals surface area contributed by atoms with Gasteiger partial charge in [0, 0.05) is 36.7 Å². The third-order valence-electron chi connectivity index (χ3n) is 3.43. The molecule has 2 heterocycles. The molecule has 118 valence electrons. The van der Waals surface area contributed by atoms with Gasteiger partial charge in [0.1, 0.15) is 0 Å². The molecule has 0 bridgehead atoms. The van der Waals surface area contributed by atoms with Gasteiger partial charge in [0.15, 0.2) is 5.13 Å². The molecule has 22 heavy (non-hydrogen) atoms. The minimum Gasteiger partial charge on any atom is -0.381 e. The molecular weight excluding hydrogens is 304 g/mol. The molecule has 0 radical (unpaired) electrons. The lowest BCUT2D eigenvalue weighted by Crippen LogP contribution is -2.40. The maximum Gasteiger partial charge on any atom is 0.315 e. The predicted molar refractivity (Wildman–Crippen MR) is 81.4 cm³/mol. The number of hydrogen-bond donors (Lipinski definition) is 1. The maximum absolute atomic E-state index is 12.0. The van der Waals surface area contributed by atoms with Crippen molar-refractivity contribution in [1.82, 2.24) is 9.88 Å². The molecule has 0 aromatic carbocycles. The Kier molecular flexibility index (Phi) is 5.86. The van der Waals surface area contributed by atoms with E-state index in [1.165, 1.54) is 16.2 Å². The fraction of sp³-hybridized carbons (Fsp3) is 0.571. The number of anilines is 1. The quantitative estimate of drug-likeness (QED) is 0.826. The first-order valence-corrected chi connectivity index (χ1v) is 7.98.